The molecule has 3 aromatic rings. The number of likely N-dealkylation sites (tertiary alicyclic amines) is 1. The lowest BCUT2D eigenvalue weighted by atomic mass is 9.90. The van der Waals surface area contributed by atoms with Crippen molar-refractivity contribution in [3.63, 3.8) is 0 Å². The molecule has 146 valence electrons. The summed E-state index contributed by atoms with van der Waals surface area (Å²) in [5.74, 6) is 0.446. The van der Waals surface area contributed by atoms with E-state index in [9.17, 15) is 13.6 Å². The number of carbonyl (C=O) groups excluding carboxylic acids is 1. The molecule has 7 heteroatoms. The number of alkyl halides is 2. The van der Waals surface area contributed by atoms with Crippen molar-refractivity contribution in [2.24, 2.45) is 0 Å². The Morgan fingerprint density at radius 2 is 1.89 bits per heavy atom. The smallest absolute Gasteiger partial charge is 0.278 e. The van der Waals surface area contributed by atoms with Gasteiger partial charge in [-0.1, -0.05) is 0 Å². The lowest BCUT2D eigenvalue weighted by Gasteiger charge is -2.32. The Balaban J connectivity index is 1.39. The zero-order valence-corrected chi connectivity index (χ0v) is 15.5. The first-order valence-corrected chi connectivity index (χ1v) is 9.53. The van der Waals surface area contributed by atoms with Gasteiger partial charge in [-0.05, 0) is 54.7 Å². The predicted molar refractivity (Wildman–Crippen MR) is 102 cm³/mol. The van der Waals surface area contributed by atoms with Crippen LogP contribution in [0.15, 0.2) is 48.9 Å². The van der Waals surface area contributed by atoms with E-state index in [0.717, 1.165) is 12.8 Å². The fourth-order valence-electron chi connectivity index (χ4n) is 3.99. The van der Waals surface area contributed by atoms with Gasteiger partial charge in [0.15, 0.2) is 0 Å². The largest absolute Gasteiger partial charge is 0.343 e. The second-order valence-electron chi connectivity index (χ2n) is 7.12. The van der Waals surface area contributed by atoms with Gasteiger partial charge in [0.05, 0.1) is 5.69 Å². The first kappa shape index (κ1) is 18.5. The lowest BCUT2D eigenvalue weighted by Crippen LogP contribution is -2.38. The van der Waals surface area contributed by atoms with Crippen molar-refractivity contribution in [2.45, 2.75) is 38.2 Å². The molecule has 0 spiro atoms. The highest BCUT2D eigenvalue weighted by Gasteiger charge is 2.24. The van der Waals surface area contributed by atoms with Gasteiger partial charge in [-0.3, -0.25) is 9.78 Å². The van der Waals surface area contributed by atoms with Crippen molar-refractivity contribution >= 4 is 16.9 Å². The van der Waals surface area contributed by atoms with Crippen molar-refractivity contribution in [2.75, 3.05) is 13.1 Å². The van der Waals surface area contributed by atoms with Gasteiger partial charge in [-0.25, -0.2) is 13.8 Å². The summed E-state index contributed by atoms with van der Waals surface area (Å²) in [5.41, 5.74) is 1.67. The number of aromatic nitrogens is 3. The van der Waals surface area contributed by atoms with Crippen LogP contribution in [0.3, 0.4) is 0 Å². The minimum absolute atomic E-state index is 0.00572. The predicted octanol–water partition coefficient (Wildman–Crippen LogP) is 4.17. The molecule has 28 heavy (non-hydrogen) atoms. The summed E-state index contributed by atoms with van der Waals surface area (Å²) >= 11 is 0. The van der Waals surface area contributed by atoms with Gasteiger partial charge >= 0.3 is 0 Å². The number of nitrogens with zero attached hydrogens (tertiary/aromatic N) is 4. The number of piperidine rings is 1. The van der Waals surface area contributed by atoms with Gasteiger partial charge in [-0.2, -0.15) is 0 Å². The topological polar surface area (TPSA) is 51.0 Å². The van der Waals surface area contributed by atoms with E-state index in [2.05, 4.69) is 9.97 Å². The number of hydrogen-bond acceptors (Lipinski definition) is 3. The first-order valence-electron chi connectivity index (χ1n) is 9.53. The molecule has 3 aromatic heterocycles. The summed E-state index contributed by atoms with van der Waals surface area (Å²) in [6.45, 7) is 1.60. The Kier molecular flexibility index (Phi) is 5.32. The van der Waals surface area contributed by atoms with E-state index >= 15 is 0 Å². The normalized spacial score (nSPS) is 15.5. The fourth-order valence-corrected chi connectivity index (χ4v) is 3.99. The zero-order chi connectivity index (χ0) is 19.5. The number of aryl methyl sites for hydroxylation is 1. The van der Waals surface area contributed by atoms with Crippen molar-refractivity contribution in [3.05, 3.63) is 60.2 Å². The molecule has 0 atom stereocenters. The Morgan fingerprint density at radius 1 is 1.14 bits per heavy atom. The highest BCUT2D eigenvalue weighted by molar-refractivity contribution is 5.79. The average Bonchev–Trinajstić information content (AvgIpc) is 3.12. The monoisotopic (exact) mass is 384 g/mol. The fraction of sp³-hybridized carbons (Fsp3) is 0.381. The van der Waals surface area contributed by atoms with Gasteiger partial charge in [0, 0.05) is 50.0 Å². The molecular weight excluding hydrogens is 362 g/mol. The van der Waals surface area contributed by atoms with Gasteiger partial charge in [0.2, 0.25) is 5.91 Å². The number of halogens is 2. The molecule has 1 amide bonds. The molecule has 0 saturated carbocycles. The summed E-state index contributed by atoms with van der Waals surface area (Å²) in [7, 11) is 0. The Labute approximate surface area is 162 Å². The summed E-state index contributed by atoms with van der Waals surface area (Å²) in [4.78, 5) is 22.8. The molecule has 1 aliphatic heterocycles. The summed E-state index contributed by atoms with van der Waals surface area (Å²) < 4.78 is 28.3. The van der Waals surface area contributed by atoms with Gasteiger partial charge in [-0.15, -0.1) is 0 Å². The second kappa shape index (κ2) is 8.04. The van der Waals surface area contributed by atoms with E-state index < -0.39 is 6.43 Å². The van der Waals surface area contributed by atoms with Crippen LogP contribution in [-0.2, 0) is 11.3 Å². The maximum Gasteiger partial charge on any atom is 0.278 e. The summed E-state index contributed by atoms with van der Waals surface area (Å²) in [6.07, 6.45) is 4.59. The van der Waals surface area contributed by atoms with Crippen LogP contribution in [0.2, 0.25) is 0 Å². The van der Waals surface area contributed by atoms with Crippen LogP contribution in [0, 0.1) is 0 Å². The van der Waals surface area contributed by atoms with E-state index in [1.54, 1.807) is 30.7 Å². The minimum atomic E-state index is -2.60. The number of fused-ring (bicyclic) bond motifs is 1. The SMILES string of the molecule is O=C(CCn1c(C(F)F)cc2cccnc21)N1CCC(c2ccncc2)CC1. The van der Waals surface area contributed by atoms with E-state index in [1.165, 1.54) is 16.2 Å². The third kappa shape index (κ3) is 3.74. The number of hydrogen-bond donors (Lipinski definition) is 0. The summed E-state index contributed by atoms with van der Waals surface area (Å²) in [6, 6.07) is 8.99. The van der Waals surface area contributed by atoms with Crippen molar-refractivity contribution in [1.82, 2.24) is 19.4 Å². The maximum absolute atomic E-state index is 13.4. The molecule has 1 aliphatic rings. The van der Waals surface area contributed by atoms with Crippen LogP contribution in [0.5, 0.6) is 0 Å². The van der Waals surface area contributed by atoms with Crippen molar-refractivity contribution in [3.8, 4) is 0 Å². The molecule has 4 rings (SSSR count). The van der Waals surface area contributed by atoms with E-state index in [1.807, 2.05) is 17.0 Å². The van der Waals surface area contributed by atoms with Crippen molar-refractivity contribution in [1.29, 1.82) is 0 Å². The van der Waals surface area contributed by atoms with Crippen LogP contribution >= 0.6 is 0 Å². The molecule has 5 nitrogen and oxygen atoms in total. The molecule has 1 saturated heterocycles. The zero-order valence-electron chi connectivity index (χ0n) is 15.5. The highest BCUT2D eigenvalue weighted by Crippen LogP contribution is 2.29. The quantitative estimate of drug-likeness (QED) is 0.664. The Hall–Kier alpha value is -2.83. The number of rotatable bonds is 5. The second-order valence-corrected chi connectivity index (χ2v) is 7.12. The van der Waals surface area contributed by atoms with Crippen LogP contribution in [0.25, 0.3) is 11.0 Å². The van der Waals surface area contributed by atoms with Crippen LogP contribution in [0.4, 0.5) is 8.78 Å². The minimum Gasteiger partial charge on any atom is -0.343 e. The first-order chi connectivity index (χ1) is 13.6. The Bertz CT molecular complexity index is 949. The van der Waals surface area contributed by atoms with Crippen molar-refractivity contribution < 1.29 is 13.6 Å². The lowest BCUT2D eigenvalue weighted by molar-refractivity contribution is -0.132. The van der Waals surface area contributed by atoms with E-state index in [4.69, 9.17) is 0 Å². The number of amides is 1. The van der Waals surface area contributed by atoms with Gasteiger partial charge in [0.1, 0.15) is 5.65 Å². The third-order valence-corrected chi connectivity index (χ3v) is 5.49. The van der Waals surface area contributed by atoms with Crippen LogP contribution < -0.4 is 0 Å². The maximum atomic E-state index is 13.4. The molecule has 0 aromatic carbocycles. The molecule has 1 fully saturated rings. The number of carbonyl (C=O) groups is 1. The average molecular weight is 384 g/mol. The van der Waals surface area contributed by atoms with Gasteiger partial charge < -0.3 is 9.47 Å². The van der Waals surface area contributed by atoms with E-state index in [-0.39, 0.29) is 24.6 Å². The van der Waals surface area contributed by atoms with Gasteiger partial charge in [0.25, 0.3) is 6.43 Å². The molecule has 0 aliphatic carbocycles. The standard InChI is InChI=1S/C21H22F2N4O/c22-20(23)18-14-17-2-1-8-25-21(17)27(18)13-7-19(28)26-11-5-16(6-12-26)15-3-9-24-10-4-15/h1-4,8-10,14,16,20H,5-7,11-13H2. The van der Waals surface area contributed by atoms with E-state index in [0.29, 0.717) is 30.0 Å². The van der Waals surface area contributed by atoms with Crippen LogP contribution in [0.1, 0.15) is 42.9 Å². The molecule has 0 unspecified atom stereocenters. The molecule has 0 bridgehead atoms. The third-order valence-electron chi connectivity index (χ3n) is 5.49. The Morgan fingerprint density at radius 3 is 2.61 bits per heavy atom. The summed E-state index contributed by atoms with van der Waals surface area (Å²) in [5, 5.41) is 0.670. The highest BCUT2D eigenvalue weighted by atomic mass is 19.3. The van der Waals surface area contributed by atoms with Crippen LogP contribution in [-0.4, -0.2) is 38.4 Å². The molecule has 4 heterocycles. The number of pyridine rings is 2. The molecule has 0 radical (unpaired) electrons. The molecule has 0 N–H and O–H groups in total. The molecular formula is C21H22F2N4O.